The van der Waals surface area contributed by atoms with Crippen LogP contribution in [0.15, 0.2) is 30.3 Å². The average molecular weight is 279 g/mol. The molecular weight excluding hydrogens is 258 g/mol. The summed E-state index contributed by atoms with van der Waals surface area (Å²) in [6.45, 7) is 2.99. The van der Waals surface area contributed by atoms with Gasteiger partial charge in [-0.25, -0.2) is 0 Å². The maximum atomic E-state index is 11.8. The van der Waals surface area contributed by atoms with Crippen LogP contribution in [0, 0.1) is 0 Å². The Labute approximate surface area is 119 Å². The first kappa shape index (κ1) is 16.2. The van der Waals surface area contributed by atoms with Crippen molar-refractivity contribution in [1.82, 2.24) is 4.90 Å². The first-order chi connectivity index (χ1) is 9.71. The van der Waals surface area contributed by atoms with Gasteiger partial charge in [0.15, 0.2) is 6.79 Å². The minimum absolute atomic E-state index is 0.0288. The molecule has 0 unspecified atom stereocenters. The number of aliphatic hydroxyl groups excluding tert-OH is 1. The Morgan fingerprint density at radius 3 is 2.60 bits per heavy atom. The van der Waals surface area contributed by atoms with Crippen molar-refractivity contribution in [3.05, 3.63) is 35.9 Å². The van der Waals surface area contributed by atoms with Gasteiger partial charge in [-0.1, -0.05) is 12.1 Å². The molecule has 1 rings (SSSR count). The molecule has 0 bridgehead atoms. The number of rotatable bonds is 8. The molecule has 0 heterocycles. The van der Waals surface area contributed by atoms with Gasteiger partial charge in [0.25, 0.3) is 0 Å². The van der Waals surface area contributed by atoms with E-state index in [2.05, 4.69) is 0 Å². The summed E-state index contributed by atoms with van der Waals surface area (Å²) in [5, 5.41) is 8.86. The van der Waals surface area contributed by atoms with Gasteiger partial charge in [0.1, 0.15) is 5.75 Å². The molecule has 1 N–H and O–H groups in total. The van der Waals surface area contributed by atoms with E-state index in [1.165, 1.54) is 6.08 Å². The van der Waals surface area contributed by atoms with Gasteiger partial charge >= 0.3 is 0 Å². The highest BCUT2D eigenvalue weighted by Crippen LogP contribution is 2.13. The molecule has 0 saturated carbocycles. The zero-order valence-corrected chi connectivity index (χ0v) is 11.9. The minimum atomic E-state index is -0.110. The Bertz CT molecular complexity index is 428. The minimum Gasteiger partial charge on any atom is -0.468 e. The van der Waals surface area contributed by atoms with Gasteiger partial charge in [-0.2, -0.15) is 0 Å². The fourth-order valence-corrected chi connectivity index (χ4v) is 1.62. The molecule has 110 valence electrons. The Morgan fingerprint density at radius 1 is 1.35 bits per heavy atom. The summed E-state index contributed by atoms with van der Waals surface area (Å²) in [6, 6.07) is 7.34. The highest BCUT2D eigenvalue weighted by molar-refractivity contribution is 5.91. The van der Waals surface area contributed by atoms with Crippen molar-refractivity contribution in [1.29, 1.82) is 0 Å². The summed E-state index contributed by atoms with van der Waals surface area (Å²) in [7, 11) is 1.56. The first-order valence-corrected chi connectivity index (χ1v) is 6.51. The molecule has 0 saturated heterocycles. The molecule has 1 amide bonds. The van der Waals surface area contributed by atoms with Crippen molar-refractivity contribution >= 4 is 12.0 Å². The van der Waals surface area contributed by atoms with Crippen LogP contribution in [0.5, 0.6) is 5.75 Å². The number of carbonyl (C=O) groups excluding carboxylic acids is 1. The van der Waals surface area contributed by atoms with Crippen molar-refractivity contribution in [3.63, 3.8) is 0 Å². The van der Waals surface area contributed by atoms with E-state index in [4.69, 9.17) is 14.6 Å². The number of amides is 1. The van der Waals surface area contributed by atoms with E-state index < -0.39 is 0 Å². The Balaban J connectivity index is 2.58. The number of benzene rings is 1. The molecule has 1 aromatic carbocycles. The van der Waals surface area contributed by atoms with E-state index in [0.717, 1.165) is 5.56 Å². The third-order valence-corrected chi connectivity index (χ3v) is 2.71. The molecule has 5 nitrogen and oxygen atoms in total. The lowest BCUT2D eigenvalue weighted by atomic mass is 10.2. The number of likely N-dealkylation sites (N-methyl/N-ethyl adjacent to an activating group) is 1. The number of hydrogen-bond acceptors (Lipinski definition) is 4. The van der Waals surface area contributed by atoms with Gasteiger partial charge in [0, 0.05) is 26.3 Å². The quantitative estimate of drug-likeness (QED) is 0.579. The van der Waals surface area contributed by atoms with Crippen molar-refractivity contribution in [3.8, 4) is 5.75 Å². The highest BCUT2D eigenvalue weighted by Gasteiger charge is 2.06. The molecule has 0 aliphatic rings. The van der Waals surface area contributed by atoms with Crippen LogP contribution in [0.4, 0.5) is 0 Å². The lowest BCUT2D eigenvalue weighted by Crippen LogP contribution is -2.31. The van der Waals surface area contributed by atoms with Crippen LogP contribution in [0.2, 0.25) is 0 Å². The van der Waals surface area contributed by atoms with Crippen LogP contribution in [0.3, 0.4) is 0 Å². The number of methoxy groups -OCH3 is 1. The molecule has 0 radical (unpaired) electrons. The van der Waals surface area contributed by atoms with Gasteiger partial charge in [0.2, 0.25) is 5.91 Å². The summed E-state index contributed by atoms with van der Waals surface area (Å²) in [5.74, 6) is 0.604. The van der Waals surface area contributed by atoms with Crippen LogP contribution in [-0.4, -0.2) is 49.5 Å². The fraction of sp³-hybridized carbons (Fsp3) is 0.400. The van der Waals surface area contributed by atoms with Crippen LogP contribution in [0.25, 0.3) is 6.08 Å². The largest absolute Gasteiger partial charge is 0.468 e. The molecule has 5 heteroatoms. The predicted octanol–water partition coefficient (Wildman–Crippen LogP) is 1.52. The van der Waals surface area contributed by atoms with Gasteiger partial charge in [0.05, 0.1) is 6.61 Å². The monoisotopic (exact) mass is 279 g/mol. The maximum Gasteiger partial charge on any atom is 0.246 e. The molecule has 0 aliphatic carbocycles. The number of aliphatic hydroxyl groups is 1. The van der Waals surface area contributed by atoms with Gasteiger partial charge in [-0.05, 0) is 30.7 Å². The molecule has 0 aromatic heterocycles. The second kappa shape index (κ2) is 9.12. The molecule has 1 aromatic rings. The highest BCUT2D eigenvalue weighted by atomic mass is 16.7. The zero-order valence-electron chi connectivity index (χ0n) is 11.9. The van der Waals surface area contributed by atoms with Crippen molar-refractivity contribution < 1.29 is 19.4 Å². The molecule has 20 heavy (non-hydrogen) atoms. The number of ether oxygens (including phenoxy) is 2. The van der Waals surface area contributed by atoms with Crippen molar-refractivity contribution in [2.45, 2.75) is 6.92 Å². The lowest BCUT2D eigenvalue weighted by molar-refractivity contribution is -0.126. The van der Waals surface area contributed by atoms with E-state index in [9.17, 15) is 4.79 Å². The summed E-state index contributed by atoms with van der Waals surface area (Å²) < 4.78 is 10.1. The van der Waals surface area contributed by atoms with Crippen molar-refractivity contribution in [2.75, 3.05) is 33.6 Å². The van der Waals surface area contributed by atoms with E-state index in [-0.39, 0.29) is 19.3 Å². The lowest BCUT2D eigenvalue weighted by Gasteiger charge is -2.17. The van der Waals surface area contributed by atoms with Gasteiger partial charge in [-0.15, -0.1) is 0 Å². The maximum absolute atomic E-state index is 11.8. The number of carbonyl (C=O) groups is 1. The summed E-state index contributed by atoms with van der Waals surface area (Å²) in [5.41, 5.74) is 0.906. The standard InChI is InChI=1S/C15H21NO4/c1-3-16(10-11-17)15(18)9-6-13-4-7-14(8-5-13)20-12-19-2/h4-9,17H,3,10-12H2,1-2H3/b9-6+. The average Bonchev–Trinajstić information content (AvgIpc) is 2.49. The number of hydrogen-bond donors (Lipinski definition) is 1. The summed E-state index contributed by atoms with van der Waals surface area (Å²) >= 11 is 0. The smallest absolute Gasteiger partial charge is 0.246 e. The molecule has 0 fully saturated rings. The van der Waals surface area contributed by atoms with E-state index in [0.29, 0.717) is 18.8 Å². The summed E-state index contributed by atoms with van der Waals surface area (Å²) in [6.07, 6.45) is 3.24. The molecular formula is C15H21NO4. The van der Waals surface area contributed by atoms with Crippen LogP contribution in [0.1, 0.15) is 12.5 Å². The Hall–Kier alpha value is -1.85. The van der Waals surface area contributed by atoms with Crippen molar-refractivity contribution in [2.24, 2.45) is 0 Å². The van der Waals surface area contributed by atoms with Crippen LogP contribution in [-0.2, 0) is 9.53 Å². The number of nitrogens with zero attached hydrogens (tertiary/aromatic N) is 1. The third kappa shape index (κ3) is 5.42. The second-order valence-electron chi connectivity index (χ2n) is 4.09. The zero-order chi connectivity index (χ0) is 14.8. The molecule has 0 atom stereocenters. The normalized spacial score (nSPS) is 10.8. The van der Waals surface area contributed by atoms with Crippen LogP contribution < -0.4 is 4.74 Å². The second-order valence-corrected chi connectivity index (χ2v) is 4.09. The summed E-state index contributed by atoms with van der Waals surface area (Å²) in [4.78, 5) is 13.4. The van der Waals surface area contributed by atoms with E-state index in [1.54, 1.807) is 18.1 Å². The third-order valence-electron chi connectivity index (χ3n) is 2.71. The van der Waals surface area contributed by atoms with Gasteiger partial charge in [-0.3, -0.25) is 4.79 Å². The molecule has 0 spiro atoms. The Morgan fingerprint density at radius 2 is 2.05 bits per heavy atom. The van der Waals surface area contributed by atoms with E-state index >= 15 is 0 Å². The van der Waals surface area contributed by atoms with E-state index in [1.807, 2.05) is 31.2 Å². The topological polar surface area (TPSA) is 59.0 Å². The fourth-order valence-electron chi connectivity index (χ4n) is 1.62. The SMILES string of the molecule is CCN(CCO)C(=O)/C=C/c1ccc(OCOC)cc1. The molecule has 0 aliphatic heterocycles. The van der Waals surface area contributed by atoms with Gasteiger partial charge < -0.3 is 19.5 Å². The predicted molar refractivity (Wildman–Crippen MR) is 77.3 cm³/mol. The van der Waals surface area contributed by atoms with Crippen LogP contribution >= 0.6 is 0 Å². The Kier molecular flexibility index (Phi) is 7.39. The first-order valence-electron chi connectivity index (χ1n) is 6.51.